The van der Waals surface area contributed by atoms with E-state index in [9.17, 15) is 4.79 Å². The number of ether oxygens (including phenoxy) is 1. The number of amides is 1. The molecule has 0 aliphatic carbocycles. The molecule has 3 aromatic rings. The van der Waals surface area contributed by atoms with Gasteiger partial charge >= 0.3 is 0 Å². The van der Waals surface area contributed by atoms with Crippen molar-refractivity contribution in [1.82, 2.24) is 9.78 Å². The van der Waals surface area contributed by atoms with E-state index in [0.717, 1.165) is 34.1 Å². The topological polar surface area (TPSA) is 56.1 Å². The fourth-order valence-electron chi connectivity index (χ4n) is 3.31. The smallest absolute Gasteiger partial charge is 0.238 e. The van der Waals surface area contributed by atoms with E-state index >= 15 is 0 Å². The molecule has 138 valence electrons. The molecule has 2 heterocycles. The summed E-state index contributed by atoms with van der Waals surface area (Å²) in [5, 5.41) is 7.67. The molecule has 2 unspecified atom stereocenters. The molecule has 0 spiro atoms. The van der Waals surface area contributed by atoms with Gasteiger partial charge in [-0.1, -0.05) is 30.3 Å². The minimum absolute atomic E-state index is 0.00524. The van der Waals surface area contributed by atoms with Crippen LogP contribution in [0.15, 0.2) is 54.6 Å². The highest BCUT2D eigenvalue weighted by Crippen LogP contribution is 2.46. The van der Waals surface area contributed by atoms with Gasteiger partial charge in [-0.2, -0.15) is 5.10 Å². The lowest BCUT2D eigenvalue weighted by Gasteiger charge is -2.17. The van der Waals surface area contributed by atoms with E-state index in [-0.39, 0.29) is 16.4 Å². The number of nitrogens with zero attached hydrogens (tertiary/aromatic N) is 2. The first-order valence-electron chi connectivity index (χ1n) is 8.83. The first kappa shape index (κ1) is 17.7. The Labute approximate surface area is 162 Å². The molecule has 1 amide bonds. The van der Waals surface area contributed by atoms with Crippen LogP contribution in [0.5, 0.6) is 5.75 Å². The molecule has 1 aromatic heterocycles. The highest BCUT2D eigenvalue weighted by Gasteiger charge is 2.33. The Kier molecular flexibility index (Phi) is 4.66. The lowest BCUT2D eigenvalue weighted by atomic mass is 10.0. The van der Waals surface area contributed by atoms with Gasteiger partial charge in [-0.05, 0) is 43.7 Å². The maximum atomic E-state index is 12.7. The molecule has 0 bridgehead atoms. The molecular weight excluding hydrogens is 358 g/mol. The van der Waals surface area contributed by atoms with E-state index in [1.807, 2.05) is 61.0 Å². The number of benzene rings is 2. The fourth-order valence-corrected chi connectivity index (χ4v) is 4.63. The number of carbonyl (C=O) groups is 1. The Morgan fingerprint density at radius 3 is 2.48 bits per heavy atom. The third kappa shape index (κ3) is 3.21. The van der Waals surface area contributed by atoms with Gasteiger partial charge in [0.15, 0.2) is 0 Å². The minimum Gasteiger partial charge on any atom is -0.497 e. The molecule has 5 nitrogen and oxygen atoms in total. The molecular formula is C21H21N3O2S. The molecule has 0 fully saturated rings. The summed E-state index contributed by atoms with van der Waals surface area (Å²) in [5.74, 6) is 1.56. The number of para-hydroxylation sites is 1. The SMILES string of the molecule is COc1ccc(C2SC(C)C(=O)Nc3c2c(C)nn3-c2ccccc2)cc1. The number of hydrogen-bond acceptors (Lipinski definition) is 4. The number of aromatic nitrogens is 2. The number of aryl methyl sites for hydroxylation is 1. The Balaban J connectivity index is 1.87. The summed E-state index contributed by atoms with van der Waals surface area (Å²) in [6, 6.07) is 17.9. The zero-order chi connectivity index (χ0) is 19.0. The van der Waals surface area contributed by atoms with E-state index in [2.05, 4.69) is 17.4 Å². The second-order valence-electron chi connectivity index (χ2n) is 6.52. The quantitative estimate of drug-likeness (QED) is 0.735. The van der Waals surface area contributed by atoms with E-state index in [1.54, 1.807) is 18.9 Å². The predicted octanol–water partition coefficient (Wildman–Crippen LogP) is 4.35. The van der Waals surface area contributed by atoms with E-state index in [1.165, 1.54) is 0 Å². The average Bonchev–Trinajstić information content (AvgIpc) is 2.95. The van der Waals surface area contributed by atoms with Crippen molar-refractivity contribution in [3.63, 3.8) is 0 Å². The molecule has 1 aliphatic rings. The Morgan fingerprint density at radius 2 is 1.81 bits per heavy atom. The third-order valence-corrected chi connectivity index (χ3v) is 6.14. The number of rotatable bonds is 3. The number of thioether (sulfide) groups is 1. The summed E-state index contributed by atoms with van der Waals surface area (Å²) >= 11 is 1.64. The molecule has 1 N–H and O–H groups in total. The molecule has 0 saturated heterocycles. The summed E-state index contributed by atoms with van der Waals surface area (Å²) in [6.45, 7) is 3.94. The van der Waals surface area contributed by atoms with Crippen molar-refractivity contribution in [1.29, 1.82) is 0 Å². The van der Waals surface area contributed by atoms with Gasteiger partial charge in [0.2, 0.25) is 5.91 Å². The van der Waals surface area contributed by atoms with Crippen LogP contribution in [0.2, 0.25) is 0 Å². The first-order chi connectivity index (χ1) is 13.1. The van der Waals surface area contributed by atoms with E-state index < -0.39 is 0 Å². The van der Waals surface area contributed by atoms with Crippen LogP contribution in [-0.4, -0.2) is 28.0 Å². The fraction of sp³-hybridized carbons (Fsp3) is 0.238. The highest BCUT2D eigenvalue weighted by atomic mass is 32.2. The van der Waals surface area contributed by atoms with Crippen LogP contribution >= 0.6 is 11.8 Å². The van der Waals surface area contributed by atoms with Crippen molar-refractivity contribution in [3.05, 3.63) is 71.4 Å². The lowest BCUT2D eigenvalue weighted by molar-refractivity contribution is -0.115. The third-order valence-electron chi connectivity index (χ3n) is 4.74. The van der Waals surface area contributed by atoms with Crippen LogP contribution in [-0.2, 0) is 4.79 Å². The number of anilines is 1. The van der Waals surface area contributed by atoms with E-state index in [0.29, 0.717) is 0 Å². The Morgan fingerprint density at radius 1 is 1.11 bits per heavy atom. The summed E-state index contributed by atoms with van der Waals surface area (Å²) in [6.07, 6.45) is 0. The van der Waals surface area contributed by atoms with Crippen molar-refractivity contribution in [2.24, 2.45) is 0 Å². The standard InChI is InChI=1S/C21H21N3O2S/c1-13-18-19(15-9-11-17(26-3)12-10-15)27-14(2)21(25)22-20(18)24(23-13)16-7-5-4-6-8-16/h4-12,14,19H,1-3H3,(H,22,25). The van der Waals surface area contributed by atoms with Crippen molar-refractivity contribution in [2.45, 2.75) is 24.3 Å². The van der Waals surface area contributed by atoms with E-state index in [4.69, 9.17) is 9.84 Å². The van der Waals surface area contributed by atoms with Crippen LogP contribution < -0.4 is 10.1 Å². The van der Waals surface area contributed by atoms with Crippen LogP contribution in [0, 0.1) is 6.92 Å². The summed E-state index contributed by atoms with van der Waals surface area (Å²) < 4.78 is 7.12. The van der Waals surface area contributed by atoms with Gasteiger partial charge in [0.25, 0.3) is 0 Å². The van der Waals surface area contributed by atoms with Crippen LogP contribution in [0.3, 0.4) is 0 Å². The average molecular weight is 379 g/mol. The van der Waals surface area contributed by atoms with Crippen molar-refractivity contribution in [3.8, 4) is 11.4 Å². The van der Waals surface area contributed by atoms with Gasteiger partial charge in [0.1, 0.15) is 11.6 Å². The van der Waals surface area contributed by atoms with Gasteiger partial charge in [-0.15, -0.1) is 11.8 Å². The number of methoxy groups -OCH3 is 1. The molecule has 27 heavy (non-hydrogen) atoms. The molecule has 0 radical (unpaired) electrons. The maximum Gasteiger partial charge on any atom is 0.238 e. The van der Waals surface area contributed by atoms with Crippen LogP contribution in [0.1, 0.15) is 29.0 Å². The van der Waals surface area contributed by atoms with Gasteiger partial charge < -0.3 is 10.1 Å². The Bertz CT molecular complexity index is 967. The largest absolute Gasteiger partial charge is 0.497 e. The van der Waals surface area contributed by atoms with Gasteiger partial charge in [-0.3, -0.25) is 4.79 Å². The highest BCUT2D eigenvalue weighted by molar-refractivity contribution is 8.01. The van der Waals surface area contributed by atoms with Crippen molar-refractivity contribution >= 4 is 23.5 Å². The normalized spacial score (nSPS) is 19.1. The van der Waals surface area contributed by atoms with Gasteiger partial charge in [0, 0.05) is 5.56 Å². The number of fused-ring (bicyclic) bond motifs is 1. The summed E-state index contributed by atoms with van der Waals surface area (Å²) in [7, 11) is 1.66. The number of nitrogens with one attached hydrogen (secondary N) is 1. The zero-order valence-corrected chi connectivity index (χ0v) is 16.3. The molecule has 1 aliphatic heterocycles. The van der Waals surface area contributed by atoms with Crippen LogP contribution in [0.4, 0.5) is 5.82 Å². The monoisotopic (exact) mass is 379 g/mol. The van der Waals surface area contributed by atoms with Gasteiger partial charge in [0.05, 0.1) is 29.0 Å². The molecule has 6 heteroatoms. The maximum absolute atomic E-state index is 12.7. The Hall–Kier alpha value is -2.73. The minimum atomic E-state index is -0.173. The predicted molar refractivity (Wildman–Crippen MR) is 109 cm³/mol. The summed E-state index contributed by atoms with van der Waals surface area (Å²) in [5.41, 5.74) is 4.01. The zero-order valence-electron chi connectivity index (χ0n) is 15.5. The van der Waals surface area contributed by atoms with Crippen LogP contribution in [0.25, 0.3) is 5.69 Å². The number of hydrogen-bond donors (Lipinski definition) is 1. The molecule has 2 atom stereocenters. The van der Waals surface area contributed by atoms with Gasteiger partial charge in [-0.25, -0.2) is 4.68 Å². The molecule has 0 saturated carbocycles. The molecule has 2 aromatic carbocycles. The second kappa shape index (κ2) is 7.12. The first-order valence-corrected chi connectivity index (χ1v) is 9.78. The molecule has 4 rings (SSSR count). The number of carbonyl (C=O) groups excluding carboxylic acids is 1. The lowest BCUT2D eigenvalue weighted by Crippen LogP contribution is -2.22. The second-order valence-corrected chi connectivity index (χ2v) is 7.97. The van der Waals surface area contributed by atoms with Crippen molar-refractivity contribution < 1.29 is 9.53 Å². The van der Waals surface area contributed by atoms with Crippen molar-refractivity contribution in [2.75, 3.05) is 12.4 Å². The summed E-state index contributed by atoms with van der Waals surface area (Å²) in [4.78, 5) is 12.7.